The first-order valence-corrected chi connectivity index (χ1v) is 7.90. The van der Waals surface area contributed by atoms with Crippen LogP contribution in [0.3, 0.4) is 0 Å². The third-order valence-electron chi connectivity index (χ3n) is 3.68. The predicted molar refractivity (Wildman–Crippen MR) is 79.8 cm³/mol. The molecule has 110 valence electrons. The Balaban J connectivity index is 1.84. The molecule has 0 unspecified atom stereocenters. The number of thiazole rings is 1. The van der Waals surface area contributed by atoms with E-state index < -0.39 is 0 Å². The second-order valence-electron chi connectivity index (χ2n) is 4.95. The zero-order valence-electron chi connectivity index (χ0n) is 12.3. The Kier molecular flexibility index (Phi) is 5.92. The number of likely N-dealkylation sites (N-methyl/N-ethyl adjacent to an activating group) is 1. The van der Waals surface area contributed by atoms with Crippen LogP contribution in [0.2, 0.25) is 0 Å². The van der Waals surface area contributed by atoms with Gasteiger partial charge < -0.3 is 14.5 Å². The van der Waals surface area contributed by atoms with Gasteiger partial charge in [-0.2, -0.15) is 5.26 Å². The predicted octanol–water partition coefficient (Wildman–Crippen LogP) is 1.34. The highest BCUT2D eigenvalue weighted by atomic mass is 32.1. The molecule has 5 nitrogen and oxygen atoms in total. The molecular weight excluding hydrogens is 272 g/mol. The average Bonchev–Trinajstić information content (AvgIpc) is 2.88. The van der Waals surface area contributed by atoms with E-state index in [4.69, 9.17) is 10.00 Å². The summed E-state index contributed by atoms with van der Waals surface area (Å²) >= 11 is 1.50. The van der Waals surface area contributed by atoms with Crippen LogP contribution in [-0.2, 0) is 17.8 Å². The molecule has 1 aromatic heterocycles. The van der Waals surface area contributed by atoms with E-state index >= 15 is 0 Å². The fraction of sp³-hybridized carbons (Fsp3) is 0.714. The standard InChI is InChI=1S/C14H22N4OS/c1-3-17-6-8-18(9-7-17)5-4-14-16-12(11-19-2)13(10-15)20-14/h3-9,11H2,1-2H3. The van der Waals surface area contributed by atoms with Crippen LogP contribution in [0.15, 0.2) is 0 Å². The van der Waals surface area contributed by atoms with Crippen molar-refractivity contribution in [1.29, 1.82) is 5.26 Å². The van der Waals surface area contributed by atoms with Crippen LogP contribution in [0, 0.1) is 11.3 Å². The van der Waals surface area contributed by atoms with Crippen LogP contribution in [0.4, 0.5) is 0 Å². The fourth-order valence-corrected chi connectivity index (χ4v) is 3.27. The molecule has 1 fully saturated rings. The molecule has 0 aromatic carbocycles. The molecule has 2 rings (SSSR count). The molecule has 0 bridgehead atoms. The van der Waals surface area contributed by atoms with Crippen molar-refractivity contribution < 1.29 is 4.74 Å². The third-order valence-corrected chi connectivity index (χ3v) is 4.74. The van der Waals surface area contributed by atoms with E-state index in [1.807, 2.05) is 0 Å². The smallest absolute Gasteiger partial charge is 0.130 e. The van der Waals surface area contributed by atoms with Gasteiger partial charge in [0.2, 0.25) is 0 Å². The topological polar surface area (TPSA) is 52.4 Å². The van der Waals surface area contributed by atoms with Crippen molar-refractivity contribution >= 4 is 11.3 Å². The number of nitriles is 1. The Bertz CT molecular complexity index is 460. The molecule has 0 amide bonds. The second kappa shape index (κ2) is 7.70. The van der Waals surface area contributed by atoms with E-state index in [0.717, 1.165) is 56.4 Å². The Morgan fingerprint density at radius 2 is 2.00 bits per heavy atom. The summed E-state index contributed by atoms with van der Waals surface area (Å²) in [4.78, 5) is 10.2. The highest BCUT2D eigenvalue weighted by molar-refractivity contribution is 7.12. The van der Waals surface area contributed by atoms with Gasteiger partial charge in [0.15, 0.2) is 0 Å². The lowest BCUT2D eigenvalue weighted by Gasteiger charge is -2.33. The maximum Gasteiger partial charge on any atom is 0.130 e. The first-order chi connectivity index (χ1) is 9.76. The number of rotatable bonds is 6. The molecule has 0 atom stereocenters. The maximum atomic E-state index is 9.08. The van der Waals surface area contributed by atoms with Crippen LogP contribution in [0.5, 0.6) is 0 Å². The Hall–Kier alpha value is -1.00. The Morgan fingerprint density at radius 1 is 1.30 bits per heavy atom. The summed E-state index contributed by atoms with van der Waals surface area (Å²) in [5.74, 6) is 0. The maximum absolute atomic E-state index is 9.08. The second-order valence-corrected chi connectivity index (χ2v) is 6.04. The number of ether oxygens (including phenoxy) is 1. The van der Waals surface area contributed by atoms with E-state index in [1.165, 1.54) is 11.3 Å². The zero-order valence-corrected chi connectivity index (χ0v) is 13.1. The van der Waals surface area contributed by atoms with Crippen LogP contribution >= 0.6 is 11.3 Å². The minimum atomic E-state index is 0.425. The number of nitrogens with zero attached hydrogens (tertiary/aromatic N) is 4. The first kappa shape index (κ1) is 15.4. The lowest BCUT2D eigenvalue weighted by atomic mass is 10.3. The minimum Gasteiger partial charge on any atom is -0.378 e. The van der Waals surface area contributed by atoms with Gasteiger partial charge in [-0.15, -0.1) is 11.3 Å². The molecule has 6 heteroatoms. The summed E-state index contributed by atoms with van der Waals surface area (Å²) in [6.45, 7) is 9.40. The number of aromatic nitrogens is 1. The minimum absolute atomic E-state index is 0.425. The molecule has 2 heterocycles. The van der Waals surface area contributed by atoms with Gasteiger partial charge in [0.1, 0.15) is 10.9 Å². The van der Waals surface area contributed by atoms with Gasteiger partial charge in [0, 0.05) is 46.3 Å². The van der Waals surface area contributed by atoms with Gasteiger partial charge >= 0.3 is 0 Å². The third kappa shape index (κ3) is 4.00. The summed E-state index contributed by atoms with van der Waals surface area (Å²) in [5.41, 5.74) is 0.783. The van der Waals surface area contributed by atoms with Gasteiger partial charge in [-0.25, -0.2) is 4.98 Å². The lowest BCUT2D eigenvalue weighted by molar-refractivity contribution is 0.138. The first-order valence-electron chi connectivity index (χ1n) is 7.09. The summed E-state index contributed by atoms with van der Waals surface area (Å²) < 4.78 is 5.08. The average molecular weight is 294 g/mol. The summed E-state index contributed by atoms with van der Waals surface area (Å²) in [6, 6.07) is 2.21. The number of methoxy groups -OCH3 is 1. The monoisotopic (exact) mass is 294 g/mol. The van der Waals surface area contributed by atoms with Crippen LogP contribution in [0.1, 0.15) is 22.5 Å². The van der Waals surface area contributed by atoms with Gasteiger partial charge in [-0.05, 0) is 6.54 Å². The van der Waals surface area contributed by atoms with Gasteiger partial charge in [0.05, 0.1) is 17.3 Å². The molecule has 1 aliphatic heterocycles. The van der Waals surface area contributed by atoms with Gasteiger partial charge in [-0.3, -0.25) is 0 Å². The van der Waals surface area contributed by atoms with E-state index in [2.05, 4.69) is 27.8 Å². The van der Waals surface area contributed by atoms with Crippen molar-refractivity contribution in [2.75, 3.05) is 46.4 Å². The lowest BCUT2D eigenvalue weighted by Crippen LogP contribution is -2.46. The zero-order chi connectivity index (χ0) is 14.4. The largest absolute Gasteiger partial charge is 0.378 e. The molecule has 1 aromatic rings. The summed E-state index contributed by atoms with van der Waals surface area (Å²) in [7, 11) is 1.63. The van der Waals surface area contributed by atoms with Crippen LogP contribution < -0.4 is 0 Å². The SMILES string of the molecule is CCN1CCN(CCc2nc(COC)c(C#N)s2)CC1. The number of hydrogen-bond acceptors (Lipinski definition) is 6. The number of hydrogen-bond donors (Lipinski definition) is 0. The molecule has 1 aliphatic rings. The molecule has 0 spiro atoms. The van der Waals surface area contributed by atoms with E-state index in [1.54, 1.807) is 7.11 Å². The fourth-order valence-electron chi connectivity index (χ4n) is 2.41. The van der Waals surface area contributed by atoms with Crippen molar-refractivity contribution in [3.63, 3.8) is 0 Å². The highest BCUT2D eigenvalue weighted by Crippen LogP contribution is 2.19. The van der Waals surface area contributed by atoms with E-state index in [9.17, 15) is 0 Å². The molecular formula is C14H22N4OS. The summed E-state index contributed by atoms with van der Waals surface area (Å²) in [5, 5.41) is 10.1. The Morgan fingerprint density at radius 3 is 2.60 bits per heavy atom. The van der Waals surface area contributed by atoms with Crippen molar-refractivity contribution in [3.05, 3.63) is 15.6 Å². The van der Waals surface area contributed by atoms with Gasteiger partial charge in [0.25, 0.3) is 0 Å². The van der Waals surface area contributed by atoms with Crippen molar-refractivity contribution in [2.45, 2.75) is 20.0 Å². The molecule has 0 N–H and O–H groups in total. The van der Waals surface area contributed by atoms with Crippen molar-refractivity contribution in [1.82, 2.24) is 14.8 Å². The van der Waals surface area contributed by atoms with Crippen molar-refractivity contribution in [3.8, 4) is 6.07 Å². The van der Waals surface area contributed by atoms with E-state index in [-0.39, 0.29) is 0 Å². The molecule has 0 radical (unpaired) electrons. The highest BCUT2D eigenvalue weighted by Gasteiger charge is 2.16. The summed E-state index contributed by atoms with van der Waals surface area (Å²) in [6.07, 6.45) is 0.926. The molecule has 20 heavy (non-hydrogen) atoms. The normalized spacial score (nSPS) is 17.2. The molecule has 0 aliphatic carbocycles. The quantitative estimate of drug-likeness (QED) is 0.792. The van der Waals surface area contributed by atoms with Crippen molar-refractivity contribution in [2.24, 2.45) is 0 Å². The number of piperazine rings is 1. The van der Waals surface area contributed by atoms with Gasteiger partial charge in [-0.1, -0.05) is 6.92 Å². The Labute approximate surface area is 124 Å². The van der Waals surface area contributed by atoms with E-state index in [0.29, 0.717) is 11.5 Å². The molecule has 0 saturated carbocycles. The van der Waals surface area contributed by atoms with Crippen LogP contribution in [-0.4, -0.2) is 61.2 Å². The van der Waals surface area contributed by atoms with Crippen LogP contribution in [0.25, 0.3) is 0 Å². The molecule has 1 saturated heterocycles.